The highest BCUT2D eigenvalue weighted by Gasteiger charge is 2.12. The van der Waals surface area contributed by atoms with Gasteiger partial charge in [0.05, 0.1) is 5.39 Å². The summed E-state index contributed by atoms with van der Waals surface area (Å²) >= 11 is 0. The van der Waals surface area contributed by atoms with E-state index in [4.69, 9.17) is 5.73 Å². The first-order valence-electron chi connectivity index (χ1n) is 11.4. The van der Waals surface area contributed by atoms with Crippen LogP contribution >= 0.6 is 0 Å². The van der Waals surface area contributed by atoms with Gasteiger partial charge in [-0.05, 0) is 49.1 Å². The van der Waals surface area contributed by atoms with E-state index in [9.17, 15) is 4.79 Å². The van der Waals surface area contributed by atoms with Gasteiger partial charge >= 0.3 is 0 Å². The second-order valence-corrected chi connectivity index (χ2v) is 8.23. The molecule has 0 aliphatic heterocycles. The molecule has 0 saturated carbocycles. The third kappa shape index (κ3) is 5.88. The van der Waals surface area contributed by atoms with Gasteiger partial charge in [-0.3, -0.25) is 4.79 Å². The maximum absolute atomic E-state index is 10.8. The number of amides is 1. The van der Waals surface area contributed by atoms with Gasteiger partial charge in [-0.25, -0.2) is 9.97 Å². The molecular weight excluding hydrogens is 412 g/mol. The minimum Gasteiger partial charge on any atom is -0.385 e. The number of anilines is 2. The molecule has 33 heavy (non-hydrogen) atoms. The van der Waals surface area contributed by atoms with Crippen LogP contribution in [0.25, 0.3) is 22.3 Å². The summed E-state index contributed by atoms with van der Waals surface area (Å²) in [5.74, 6) is 0.587. The highest BCUT2D eigenvalue weighted by molar-refractivity contribution is 5.91. The van der Waals surface area contributed by atoms with Crippen LogP contribution in [0.15, 0.2) is 67.0 Å². The van der Waals surface area contributed by atoms with Crippen molar-refractivity contribution in [1.29, 1.82) is 0 Å². The molecule has 0 bridgehead atoms. The summed E-state index contributed by atoms with van der Waals surface area (Å²) in [5.41, 5.74) is 10.3. The van der Waals surface area contributed by atoms with Gasteiger partial charge in [-0.2, -0.15) is 0 Å². The lowest BCUT2D eigenvalue weighted by molar-refractivity contribution is -0.118. The molecule has 1 atom stereocenters. The molecule has 0 spiro atoms. The van der Waals surface area contributed by atoms with Crippen molar-refractivity contribution in [2.75, 3.05) is 17.2 Å². The molecule has 0 fully saturated rings. The third-order valence-corrected chi connectivity index (χ3v) is 5.70. The molecule has 7 nitrogen and oxygen atoms in total. The van der Waals surface area contributed by atoms with Crippen LogP contribution < -0.4 is 16.4 Å². The number of hydrogen-bond acceptors (Lipinski definition) is 5. The Labute approximate surface area is 193 Å². The fraction of sp³-hybridized carbons (Fsp3) is 0.269. The van der Waals surface area contributed by atoms with Crippen LogP contribution in [0, 0.1) is 0 Å². The van der Waals surface area contributed by atoms with Gasteiger partial charge in [-0.15, -0.1) is 0 Å². The largest absolute Gasteiger partial charge is 0.385 e. The van der Waals surface area contributed by atoms with Gasteiger partial charge < -0.3 is 21.4 Å². The minimum absolute atomic E-state index is 0.129. The van der Waals surface area contributed by atoms with Gasteiger partial charge in [0.2, 0.25) is 5.91 Å². The van der Waals surface area contributed by atoms with E-state index in [-0.39, 0.29) is 11.9 Å². The zero-order chi connectivity index (χ0) is 23.0. The molecule has 2 heterocycles. The van der Waals surface area contributed by atoms with E-state index in [1.165, 1.54) is 5.56 Å². The van der Waals surface area contributed by atoms with Gasteiger partial charge in [0, 0.05) is 30.4 Å². The Hall–Kier alpha value is -3.87. The van der Waals surface area contributed by atoms with Crippen molar-refractivity contribution < 1.29 is 4.79 Å². The third-order valence-electron chi connectivity index (χ3n) is 5.70. The van der Waals surface area contributed by atoms with E-state index in [2.05, 4.69) is 75.0 Å². The Morgan fingerprint density at radius 1 is 1.03 bits per heavy atom. The van der Waals surface area contributed by atoms with Crippen molar-refractivity contribution in [2.24, 2.45) is 5.73 Å². The smallest absolute Gasteiger partial charge is 0.217 e. The summed E-state index contributed by atoms with van der Waals surface area (Å²) in [5, 5.41) is 7.90. The van der Waals surface area contributed by atoms with Gasteiger partial charge in [0.15, 0.2) is 0 Å². The number of nitrogens with two attached hydrogens (primary N) is 1. The summed E-state index contributed by atoms with van der Waals surface area (Å²) in [6, 6.07) is 20.9. The van der Waals surface area contributed by atoms with Gasteiger partial charge in [0.1, 0.15) is 17.8 Å². The van der Waals surface area contributed by atoms with Crippen LogP contribution in [0.2, 0.25) is 0 Å². The van der Waals surface area contributed by atoms with Crippen molar-refractivity contribution in [1.82, 2.24) is 15.0 Å². The lowest BCUT2D eigenvalue weighted by atomic mass is 10.1. The van der Waals surface area contributed by atoms with Crippen molar-refractivity contribution in [2.45, 2.75) is 38.6 Å². The van der Waals surface area contributed by atoms with Crippen molar-refractivity contribution in [3.63, 3.8) is 0 Å². The lowest BCUT2D eigenvalue weighted by Gasteiger charge is -2.15. The molecule has 170 valence electrons. The number of aromatic nitrogens is 3. The van der Waals surface area contributed by atoms with Crippen LogP contribution in [0.4, 0.5) is 11.5 Å². The maximum Gasteiger partial charge on any atom is 0.217 e. The van der Waals surface area contributed by atoms with Crippen LogP contribution in [0.3, 0.4) is 0 Å². The van der Waals surface area contributed by atoms with E-state index in [0.29, 0.717) is 6.42 Å². The average molecular weight is 443 g/mol. The first-order chi connectivity index (χ1) is 16.1. The molecule has 0 saturated heterocycles. The van der Waals surface area contributed by atoms with Crippen LogP contribution in [0.1, 0.15) is 44.2 Å². The van der Waals surface area contributed by atoms with E-state index < -0.39 is 0 Å². The standard InChI is InChI=1S/C26H30N6O/c1-18(19-8-4-2-5-9-19)31-25-22-16-23(32-26(22)30-17-29-25)20-11-13-21(14-12-20)28-15-7-3-6-10-24(27)33/h2,4-5,8-9,11-14,16-18,28H,3,6-7,10,15H2,1H3,(H2,27,33)(H2,29,30,31,32)/t18-/m1/s1. The normalized spacial score (nSPS) is 11.9. The fourth-order valence-corrected chi connectivity index (χ4v) is 3.84. The molecule has 0 unspecified atom stereocenters. The molecule has 2 aromatic carbocycles. The summed E-state index contributed by atoms with van der Waals surface area (Å²) in [6.45, 7) is 3.00. The Kier molecular flexibility index (Phi) is 7.19. The number of fused-ring (bicyclic) bond motifs is 1. The summed E-state index contributed by atoms with van der Waals surface area (Å²) < 4.78 is 0. The number of benzene rings is 2. The van der Waals surface area contributed by atoms with E-state index in [1.807, 2.05) is 18.2 Å². The molecule has 4 rings (SSSR count). The zero-order valence-electron chi connectivity index (χ0n) is 18.8. The van der Waals surface area contributed by atoms with E-state index in [0.717, 1.165) is 59.6 Å². The number of nitrogens with zero attached hydrogens (tertiary/aromatic N) is 2. The van der Waals surface area contributed by atoms with E-state index >= 15 is 0 Å². The second-order valence-electron chi connectivity index (χ2n) is 8.23. The molecule has 4 aromatic rings. The van der Waals surface area contributed by atoms with E-state index in [1.54, 1.807) is 6.33 Å². The SMILES string of the molecule is C[C@@H](Nc1ncnc2[nH]c(-c3ccc(NCCCCCC(N)=O)cc3)cc12)c1ccccc1. The summed E-state index contributed by atoms with van der Waals surface area (Å²) in [4.78, 5) is 23.1. The molecule has 0 radical (unpaired) electrons. The van der Waals surface area contributed by atoms with Crippen molar-refractivity contribution in [3.05, 3.63) is 72.6 Å². The Morgan fingerprint density at radius 2 is 1.82 bits per heavy atom. The maximum atomic E-state index is 10.8. The Morgan fingerprint density at radius 3 is 2.58 bits per heavy atom. The van der Waals surface area contributed by atoms with Crippen molar-refractivity contribution in [3.8, 4) is 11.3 Å². The number of nitrogens with one attached hydrogen (secondary N) is 3. The Balaban J connectivity index is 1.40. The quantitative estimate of drug-likeness (QED) is 0.237. The fourth-order valence-electron chi connectivity index (χ4n) is 3.84. The number of hydrogen-bond donors (Lipinski definition) is 4. The van der Waals surface area contributed by atoms with Gasteiger partial charge in [0.25, 0.3) is 0 Å². The molecule has 5 N–H and O–H groups in total. The summed E-state index contributed by atoms with van der Waals surface area (Å²) in [7, 11) is 0. The highest BCUT2D eigenvalue weighted by Crippen LogP contribution is 2.29. The average Bonchev–Trinajstić information content (AvgIpc) is 3.27. The molecule has 0 aliphatic rings. The highest BCUT2D eigenvalue weighted by atomic mass is 16.1. The monoisotopic (exact) mass is 442 g/mol. The van der Waals surface area contributed by atoms with Crippen LogP contribution in [-0.4, -0.2) is 27.4 Å². The number of H-pyrrole nitrogens is 1. The number of primary amides is 1. The van der Waals surface area contributed by atoms with Crippen molar-refractivity contribution >= 4 is 28.4 Å². The predicted octanol–water partition coefficient (Wildman–Crippen LogP) is 5.26. The molecular formula is C26H30N6O. The molecule has 2 aromatic heterocycles. The molecule has 1 amide bonds. The predicted molar refractivity (Wildman–Crippen MR) is 134 cm³/mol. The topological polar surface area (TPSA) is 109 Å². The second kappa shape index (κ2) is 10.6. The first-order valence-corrected chi connectivity index (χ1v) is 11.4. The number of carbonyl (C=O) groups is 1. The first kappa shape index (κ1) is 22.3. The number of carbonyl (C=O) groups excluding carboxylic acids is 1. The van der Waals surface area contributed by atoms with Crippen LogP contribution in [0.5, 0.6) is 0 Å². The minimum atomic E-state index is -0.227. The summed E-state index contributed by atoms with van der Waals surface area (Å²) in [6.07, 6.45) is 4.89. The lowest BCUT2D eigenvalue weighted by Crippen LogP contribution is -2.10. The Bertz CT molecular complexity index is 1190. The van der Waals surface area contributed by atoms with Gasteiger partial charge in [-0.1, -0.05) is 48.9 Å². The number of rotatable bonds is 11. The van der Waals surface area contributed by atoms with Crippen LogP contribution in [-0.2, 0) is 4.79 Å². The molecule has 7 heteroatoms. The number of aromatic amines is 1. The zero-order valence-corrected chi connectivity index (χ0v) is 18.8. The molecule has 0 aliphatic carbocycles. The number of unbranched alkanes of at least 4 members (excludes halogenated alkanes) is 2.